The van der Waals surface area contributed by atoms with E-state index in [-0.39, 0.29) is 11.8 Å². The molecule has 17 nitrogen and oxygen atoms in total. The number of amides is 2. The quantitative estimate of drug-likeness (QED) is 0.0729. The van der Waals surface area contributed by atoms with E-state index in [1.807, 2.05) is 77.4 Å². The van der Waals surface area contributed by atoms with Gasteiger partial charge in [0.05, 0.1) is 61.4 Å². The molecule has 0 unspecified atom stereocenters. The van der Waals surface area contributed by atoms with Gasteiger partial charge in [0.15, 0.2) is 0 Å². The largest absolute Gasteiger partial charge is 0.494 e. The zero-order valence-electron chi connectivity index (χ0n) is 43.6. The summed E-state index contributed by atoms with van der Waals surface area (Å²) in [5, 5.41) is 13.8. The molecule has 2 fully saturated rings. The van der Waals surface area contributed by atoms with Gasteiger partial charge in [0.25, 0.3) is 0 Å². The number of anilines is 12. The lowest BCUT2D eigenvalue weighted by atomic mass is 10.1. The molecule has 0 aliphatic carbocycles. The first kappa shape index (κ1) is 51.3. The Hall–Kier alpha value is -7.60. The van der Waals surface area contributed by atoms with Crippen LogP contribution >= 0.6 is 0 Å². The molecule has 0 spiro atoms. The molecule has 2 aromatic heterocycles. The summed E-state index contributed by atoms with van der Waals surface area (Å²) in [7, 11) is 9.32. The van der Waals surface area contributed by atoms with E-state index >= 15 is 0 Å². The average Bonchev–Trinajstić information content (AvgIpc) is 4.08. The van der Waals surface area contributed by atoms with Gasteiger partial charge in [0, 0.05) is 138 Å². The first-order chi connectivity index (χ1) is 36.1. The van der Waals surface area contributed by atoms with E-state index in [1.54, 1.807) is 33.7 Å². The van der Waals surface area contributed by atoms with E-state index in [4.69, 9.17) is 14.2 Å². The minimum atomic E-state index is 0.0732. The van der Waals surface area contributed by atoms with Crippen LogP contribution in [0.2, 0.25) is 0 Å². The van der Waals surface area contributed by atoms with E-state index in [2.05, 4.69) is 101 Å². The molecule has 6 heterocycles. The number of aromatic nitrogens is 2. The Bertz CT molecular complexity index is 2900. The molecule has 4 N–H and O–H groups in total. The maximum atomic E-state index is 12.8. The molecule has 4 aliphatic rings. The number of carbonyl (C=O) groups is 2. The maximum Gasteiger partial charge on any atom is 0.229 e. The summed E-state index contributed by atoms with van der Waals surface area (Å²) in [5.74, 6) is 3.17. The second-order valence-electron chi connectivity index (χ2n) is 19.0. The van der Waals surface area contributed by atoms with E-state index in [1.165, 1.54) is 11.1 Å². The van der Waals surface area contributed by atoms with E-state index in [0.29, 0.717) is 37.6 Å². The monoisotopic (exact) mass is 1000 g/mol. The number of piperazine rings is 2. The van der Waals surface area contributed by atoms with Crippen molar-refractivity contribution < 1.29 is 23.8 Å². The molecule has 4 aromatic carbocycles. The molecule has 4 aliphatic heterocycles. The van der Waals surface area contributed by atoms with Gasteiger partial charge in [0.2, 0.25) is 11.8 Å². The molecule has 2 amide bonds. The summed E-state index contributed by atoms with van der Waals surface area (Å²) in [5.41, 5.74) is 11.9. The third-order valence-electron chi connectivity index (χ3n) is 14.1. The van der Waals surface area contributed by atoms with E-state index in [9.17, 15) is 9.59 Å². The normalized spacial score (nSPS) is 15.4. The fourth-order valence-electron chi connectivity index (χ4n) is 9.96. The molecule has 0 radical (unpaired) electrons. The van der Waals surface area contributed by atoms with Gasteiger partial charge in [-0.1, -0.05) is 31.2 Å². The zero-order chi connectivity index (χ0) is 51.6. The Morgan fingerprint density at radius 3 is 1.42 bits per heavy atom. The zero-order valence-corrected chi connectivity index (χ0v) is 43.6. The summed E-state index contributed by atoms with van der Waals surface area (Å²) in [6, 6.07) is 32.6. The van der Waals surface area contributed by atoms with Crippen LogP contribution in [0.4, 0.5) is 68.5 Å². The fourth-order valence-corrected chi connectivity index (χ4v) is 9.96. The van der Waals surface area contributed by atoms with Gasteiger partial charge in [-0.05, 0) is 86.6 Å². The number of rotatable bonds is 16. The number of nitrogens with zero attached hydrogens (tertiary/aromatic N) is 8. The minimum Gasteiger partial charge on any atom is -0.494 e. The van der Waals surface area contributed by atoms with Crippen molar-refractivity contribution >= 4 is 80.3 Å². The molecule has 0 atom stereocenters. The number of benzene rings is 4. The lowest BCUT2D eigenvalue weighted by Crippen LogP contribution is -2.44. The number of pyridine rings is 2. The van der Waals surface area contributed by atoms with Crippen molar-refractivity contribution in [2.24, 2.45) is 0 Å². The lowest BCUT2D eigenvalue weighted by molar-refractivity contribution is -0.119. The van der Waals surface area contributed by atoms with Crippen molar-refractivity contribution in [3.8, 4) is 11.5 Å². The van der Waals surface area contributed by atoms with Crippen molar-refractivity contribution in [2.45, 2.75) is 32.6 Å². The smallest absolute Gasteiger partial charge is 0.229 e. The average molecular weight is 1000 g/mol. The number of likely N-dealkylation sites (N-methyl/N-ethyl adjacent to an activating group) is 2. The standard InChI is InChI=1S/C29H36N6O3.C28H34N6O2/c1-33-14-16-34(17-15-33)23-7-8-24(26(20-23)38-3)32-27-19-22(9-12-30-27)31-25-6-4-5-21-10-13-35(29(21)25)28(36)11-18-37-2;1-4-27(35)34-13-11-20-6-5-7-24(28(20)34)30-21-10-12-29-26(18-21)31-23-9-8-22(19-25(23)36-3)33-16-14-32(2)15-17-33/h4-9,12,19-20H,10-11,13-18H2,1-3H3,(H2,30,31,32);5-10,12,18-19H,4,11,13-17H2,1-3H3,(H2,29,30,31). The highest BCUT2D eigenvalue weighted by molar-refractivity contribution is 6.01. The molecular weight excluding hydrogens is 933 g/mol. The van der Waals surface area contributed by atoms with Crippen LogP contribution in [0.15, 0.2) is 109 Å². The van der Waals surface area contributed by atoms with Crippen molar-refractivity contribution in [1.82, 2.24) is 19.8 Å². The number of para-hydroxylation sites is 2. The van der Waals surface area contributed by atoms with Gasteiger partial charge in [-0.25, -0.2) is 9.97 Å². The topological polar surface area (TPSA) is 155 Å². The SMILES string of the molecule is CCC(=O)N1CCc2cccc(Nc3ccnc(Nc4ccc(N5CCN(C)CC5)cc4OC)c3)c21.COCCC(=O)N1CCc2cccc(Nc3ccnc(Nc4ccc(N5CCN(C)CC5)cc4OC)c3)c21. The first-order valence-electron chi connectivity index (χ1n) is 25.7. The number of nitrogens with one attached hydrogen (secondary N) is 4. The minimum absolute atomic E-state index is 0.0732. The van der Waals surface area contributed by atoms with Crippen LogP contribution in [0.1, 0.15) is 30.9 Å². The molecule has 2 saturated heterocycles. The van der Waals surface area contributed by atoms with Crippen molar-refractivity contribution in [1.29, 1.82) is 0 Å². The number of hydrogen-bond donors (Lipinski definition) is 4. The number of hydrogen-bond acceptors (Lipinski definition) is 15. The van der Waals surface area contributed by atoms with Crippen molar-refractivity contribution in [3.63, 3.8) is 0 Å². The van der Waals surface area contributed by atoms with Crippen LogP contribution in [0.25, 0.3) is 0 Å². The Balaban J connectivity index is 0.000000182. The van der Waals surface area contributed by atoms with Gasteiger partial charge >= 0.3 is 0 Å². The molecule has 388 valence electrons. The van der Waals surface area contributed by atoms with Gasteiger partial charge in [0.1, 0.15) is 23.1 Å². The van der Waals surface area contributed by atoms with Crippen LogP contribution in [-0.2, 0) is 27.2 Å². The van der Waals surface area contributed by atoms with Crippen LogP contribution in [-0.4, -0.2) is 139 Å². The summed E-state index contributed by atoms with van der Waals surface area (Å²) >= 11 is 0. The van der Waals surface area contributed by atoms with E-state index in [0.717, 1.165) is 140 Å². The molecular formula is C57H70N12O5. The number of ether oxygens (including phenoxy) is 3. The van der Waals surface area contributed by atoms with Gasteiger partial charge in [-0.15, -0.1) is 0 Å². The Morgan fingerprint density at radius 1 is 0.527 bits per heavy atom. The van der Waals surface area contributed by atoms with Crippen molar-refractivity contribution in [3.05, 3.63) is 121 Å². The second-order valence-corrected chi connectivity index (χ2v) is 19.0. The summed E-state index contributed by atoms with van der Waals surface area (Å²) in [6.45, 7) is 12.0. The van der Waals surface area contributed by atoms with Gasteiger partial charge in [-0.2, -0.15) is 0 Å². The van der Waals surface area contributed by atoms with Crippen LogP contribution in [0, 0.1) is 0 Å². The highest BCUT2D eigenvalue weighted by Gasteiger charge is 2.28. The Kier molecular flexibility index (Phi) is 16.6. The summed E-state index contributed by atoms with van der Waals surface area (Å²) in [6.07, 6.45) is 6.12. The lowest BCUT2D eigenvalue weighted by Gasteiger charge is -2.34. The van der Waals surface area contributed by atoms with Crippen LogP contribution in [0.5, 0.6) is 11.5 Å². The Labute approximate surface area is 435 Å². The van der Waals surface area contributed by atoms with Crippen LogP contribution < -0.4 is 50.3 Å². The third-order valence-corrected chi connectivity index (χ3v) is 14.1. The molecule has 6 aromatic rings. The fraction of sp³-hybridized carbons (Fsp3) is 0.368. The second kappa shape index (κ2) is 24.0. The third kappa shape index (κ3) is 12.1. The van der Waals surface area contributed by atoms with Crippen molar-refractivity contribution in [2.75, 3.05) is 148 Å². The predicted octanol–water partition coefficient (Wildman–Crippen LogP) is 8.88. The number of methoxy groups -OCH3 is 3. The summed E-state index contributed by atoms with van der Waals surface area (Å²) < 4.78 is 16.5. The maximum absolute atomic E-state index is 12.8. The highest BCUT2D eigenvalue weighted by Crippen LogP contribution is 2.40. The van der Waals surface area contributed by atoms with Gasteiger partial charge < -0.3 is 64.9 Å². The van der Waals surface area contributed by atoms with Crippen LogP contribution in [0.3, 0.4) is 0 Å². The Morgan fingerprint density at radius 2 is 0.986 bits per heavy atom. The molecule has 0 saturated carbocycles. The van der Waals surface area contributed by atoms with E-state index < -0.39 is 0 Å². The predicted molar refractivity (Wildman–Crippen MR) is 299 cm³/mol. The molecule has 74 heavy (non-hydrogen) atoms. The number of carbonyl (C=O) groups excluding carboxylic acids is 2. The molecule has 17 heteroatoms. The summed E-state index contributed by atoms with van der Waals surface area (Å²) in [4.78, 5) is 47.6. The number of fused-ring (bicyclic) bond motifs is 2. The molecule has 0 bridgehead atoms. The molecule has 10 rings (SSSR count). The highest BCUT2D eigenvalue weighted by atomic mass is 16.5. The first-order valence-corrected chi connectivity index (χ1v) is 25.7. The van der Waals surface area contributed by atoms with Gasteiger partial charge in [-0.3, -0.25) is 9.59 Å².